The van der Waals surface area contributed by atoms with Crippen LogP contribution in [-0.4, -0.2) is 29.6 Å². The highest BCUT2D eigenvalue weighted by Crippen LogP contribution is 2.31. The van der Waals surface area contributed by atoms with Crippen LogP contribution in [0.4, 0.5) is 13.2 Å². The Balaban J connectivity index is 2.14. The molecule has 19 heavy (non-hydrogen) atoms. The Bertz CT molecular complexity index is 454. The van der Waals surface area contributed by atoms with E-state index in [0.29, 0.717) is 18.7 Å². The predicted octanol–water partition coefficient (Wildman–Crippen LogP) is 3.59. The lowest BCUT2D eigenvalue weighted by Crippen LogP contribution is -2.40. The second-order valence-electron chi connectivity index (χ2n) is 4.61. The van der Waals surface area contributed by atoms with E-state index in [-0.39, 0.29) is 11.6 Å². The molecule has 1 aliphatic carbocycles. The van der Waals surface area contributed by atoms with Crippen molar-refractivity contribution in [1.82, 2.24) is 4.90 Å². The summed E-state index contributed by atoms with van der Waals surface area (Å²) in [6, 6.07) is 6.07. The van der Waals surface area contributed by atoms with Crippen LogP contribution in [0.25, 0.3) is 0 Å². The van der Waals surface area contributed by atoms with Crippen molar-refractivity contribution in [3.63, 3.8) is 0 Å². The molecular formula is C13H13ClF3NO. The van der Waals surface area contributed by atoms with E-state index in [1.54, 1.807) is 12.1 Å². The molecule has 0 atom stereocenters. The molecule has 0 bridgehead atoms. The number of rotatable bonds is 4. The zero-order chi connectivity index (χ0) is 14.0. The van der Waals surface area contributed by atoms with Gasteiger partial charge in [-0.25, -0.2) is 0 Å². The van der Waals surface area contributed by atoms with Crippen molar-refractivity contribution in [2.24, 2.45) is 0 Å². The first-order valence-electron chi connectivity index (χ1n) is 5.93. The highest BCUT2D eigenvalue weighted by molar-refractivity contribution is 6.17. The fourth-order valence-electron chi connectivity index (χ4n) is 1.85. The summed E-state index contributed by atoms with van der Waals surface area (Å²) >= 11 is 5.62. The third-order valence-electron chi connectivity index (χ3n) is 2.95. The zero-order valence-electron chi connectivity index (χ0n) is 10.1. The van der Waals surface area contributed by atoms with Crippen molar-refractivity contribution >= 4 is 17.5 Å². The van der Waals surface area contributed by atoms with Crippen LogP contribution in [0.15, 0.2) is 24.3 Å². The van der Waals surface area contributed by atoms with Crippen LogP contribution in [0.5, 0.6) is 0 Å². The molecule has 1 aromatic rings. The summed E-state index contributed by atoms with van der Waals surface area (Å²) in [7, 11) is 0. The maximum absolute atomic E-state index is 12.5. The molecule has 0 N–H and O–H groups in total. The second-order valence-corrected chi connectivity index (χ2v) is 4.88. The van der Waals surface area contributed by atoms with E-state index in [1.807, 2.05) is 0 Å². The molecule has 2 nitrogen and oxygen atoms in total. The van der Waals surface area contributed by atoms with Crippen LogP contribution in [0.1, 0.15) is 28.8 Å². The molecule has 6 heteroatoms. The third kappa shape index (κ3) is 3.86. The van der Waals surface area contributed by atoms with Crippen molar-refractivity contribution in [3.8, 4) is 0 Å². The quantitative estimate of drug-likeness (QED) is 0.776. The lowest BCUT2D eigenvalue weighted by atomic mass is 10.1. The van der Waals surface area contributed by atoms with Crippen LogP contribution in [-0.2, 0) is 5.88 Å². The van der Waals surface area contributed by atoms with Crippen molar-refractivity contribution in [2.45, 2.75) is 30.9 Å². The number of hydrogen-bond donors (Lipinski definition) is 0. The van der Waals surface area contributed by atoms with Crippen molar-refractivity contribution in [3.05, 3.63) is 35.4 Å². The fraction of sp³-hybridized carbons (Fsp3) is 0.462. The smallest absolute Gasteiger partial charge is 0.327 e. The Hall–Kier alpha value is -1.23. The molecule has 1 saturated carbocycles. The van der Waals surface area contributed by atoms with Crippen LogP contribution >= 0.6 is 11.6 Å². The summed E-state index contributed by atoms with van der Waals surface area (Å²) in [6.45, 7) is -1.19. The molecule has 1 aliphatic rings. The summed E-state index contributed by atoms with van der Waals surface area (Å²) in [5, 5.41) is 0. The standard InChI is InChI=1S/C13H13ClF3NO/c14-7-9-1-3-10(4-2-9)12(19)18(11-5-6-11)8-13(15,16)17/h1-4,11H,5-8H2. The Labute approximate surface area is 114 Å². The SMILES string of the molecule is O=C(c1ccc(CCl)cc1)N(CC(F)(F)F)C1CC1. The van der Waals surface area contributed by atoms with Crippen LogP contribution in [0.2, 0.25) is 0 Å². The summed E-state index contributed by atoms with van der Waals surface area (Å²) in [6.07, 6.45) is -3.09. The molecule has 0 spiro atoms. The van der Waals surface area contributed by atoms with Crippen LogP contribution in [0, 0.1) is 0 Å². The molecule has 104 valence electrons. The number of carbonyl (C=O) groups is 1. The van der Waals surface area contributed by atoms with E-state index in [2.05, 4.69) is 0 Å². The molecule has 0 radical (unpaired) electrons. The van der Waals surface area contributed by atoms with E-state index in [0.717, 1.165) is 10.5 Å². The monoisotopic (exact) mass is 291 g/mol. The maximum atomic E-state index is 12.5. The first-order valence-corrected chi connectivity index (χ1v) is 6.47. The fourth-order valence-corrected chi connectivity index (χ4v) is 2.03. The highest BCUT2D eigenvalue weighted by atomic mass is 35.5. The summed E-state index contributed by atoms with van der Waals surface area (Å²) in [4.78, 5) is 13.0. The average Bonchev–Trinajstić information content (AvgIpc) is 3.18. The van der Waals surface area contributed by atoms with Crippen LogP contribution in [0.3, 0.4) is 0 Å². The van der Waals surface area contributed by atoms with Gasteiger partial charge in [-0.1, -0.05) is 12.1 Å². The van der Waals surface area contributed by atoms with E-state index in [9.17, 15) is 18.0 Å². The molecule has 0 unspecified atom stereocenters. The molecular weight excluding hydrogens is 279 g/mol. The molecule has 0 aliphatic heterocycles. The maximum Gasteiger partial charge on any atom is 0.406 e. The molecule has 0 heterocycles. The summed E-state index contributed by atoms with van der Waals surface area (Å²) < 4.78 is 37.4. The Kier molecular flexibility index (Phi) is 4.04. The van der Waals surface area contributed by atoms with Gasteiger partial charge in [-0.3, -0.25) is 4.79 Å². The van der Waals surface area contributed by atoms with Gasteiger partial charge in [-0.05, 0) is 30.5 Å². The normalized spacial score (nSPS) is 15.4. The molecule has 0 saturated heterocycles. The molecule has 1 amide bonds. The molecule has 2 rings (SSSR count). The summed E-state index contributed by atoms with van der Waals surface area (Å²) in [5.74, 6) is -0.260. The number of hydrogen-bond acceptors (Lipinski definition) is 1. The third-order valence-corrected chi connectivity index (χ3v) is 3.26. The van der Waals surface area contributed by atoms with Gasteiger partial charge in [0.2, 0.25) is 0 Å². The number of nitrogens with zero attached hydrogens (tertiary/aromatic N) is 1. The van der Waals surface area contributed by atoms with E-state index in [4.69, 9.17) is 11.6 Å². The molecule has 1 fully saturated rings. The minimum atomic E-state index is -4.37. The number of benzene rings is 1. The van der Waals surface area contributed by atoms with Gasteiger partial charge in [0.15, 0.2) is 0 Å². The number of halogens is 4. The first-order chi connectivity index (χ1) is 8.90. The summed E-state index contributed by atoms with van der Waals surface area (Å²) in [5.41, 5.74) is 1.09. The Morgan fingerprint density at radius 1 is 1.26 bits per heavy atom. The van der Waals surface area contributed by atoms with Gasteiger partial charge in [0, 0.05) is 17.5 Å². The topological polar surface area (TPSA) is 20.3 Å². The van der Waals surface area contributed by atoms with Gasteiger partial charge < -0.3 is 4.90 Å². The average molecular weight is 292 g/mol. The number of amides is 1. The van der Waals surface area contributed by atoms with Crippen molar-refractivity contribution < 1.29 is 18.0 Å². The van der Waals surface area contributed by atoms with E-state index < -0.39 is 18.6 Å². The van der Waals surface area contributed by atoms with Gasteiger partial charge >= 0.3 is 6.18 Å². The van der Waals surface area contributed by atoms with Gasteiger partial charge in [-0.2, -0.15) is 13.2 Å². The van der Waals surface area contributed by atoms with Crippen molar-refractivity contribution in [2.75, 3.05) is 6.54 Å². The van der Waals surface area contributed by atoms with Gasteiger partial charge in [-0.15, -0.1) is 11.6 Å². The van der Waals surface area contributed by atoms with Gasteiger partial charge in [0.25, 0.3) is 5.91 Å². The predicted molar refractivity (Wildman–Crippen MR) is 66.1 cm³/mol. The lowest BCUT2D eigenvalue weighted by molar-refractivity contribution is -0.141. The van der Waals surface area contributed by atoms with Crippen LogP contribution < -0.4 is 0 Å². The van der Waals surface area contributed by atoms with Gasteiger partial charge in [0.05, 0.1) is 0 Å². The number of carbonyl (C=O) groups excluding carboxylic acids is 1. The Morgan fingerprint density at radius 2 is 1.84 bits per heavy atom. The number of alkyl halides is 4. The molecule has 0 aromatic heterocycles. The van der Waals surface area contributed by atoms with E-state index in [1.165, 1.54) is 12.1 Å². The largest absolute Gasteiger partial charge is 0.406 e. The second kappa shape index (κ2) is 5.41. The van der Waals surface area contributed by atoms with Gasteiger partial charge in [0.1, 0.15) is 6.54 Å². The minimum absolute atomic E-state index is 0.269. The highest BCUT2D eigenvalue weighted by Gasteiger charge is 2.40. The minimum Gasteiger partial charge on any atom is -0.327 e. The zero-order valence-corrected chi connectivity index (χ0v) is 10.8. The molecule has 1 aromatic carbocycles. The van der Waals surface area contributed by atoms with Crippen molar-refractivity contribution in [1.29, 1.82) is 0 Å². The lowest BCUT2D eigenvalue weighted by Gasteiger charge is -2.23. The van der Waals surface area contributed by atoms with E-state index >= 15 is 0 Å². The first kappa shape index (κ1) is 14.2. The Morgan fingerprint density at radius 3 is 2.26 bits per heavy atom.